The molecule has 0 radical (unpaired) electrons. The van der Waals surface area contributed by atoms with E-state index in [9.17, 15) is 4.79 Å². The van der Waals surface area contributed by atoms with Crippen LogP contribution in [0.15, 0.2) is 47.3 Å². The Morgan fingerprint density at radius 3 is 2.33 bits per heavy atom. The first-order valence-electron chi connectivity index (χ1n) is 9.06. The van der Waals surface area contributed by atoms with E-state index in [4.69, 9.17) is 14.2 Å². The predicted molar refractivity (Wildman–Crippen MR) is 117 cm³/mol. The van der Waals surface area contributed by atoms with Gasteiger partial charge in [0.2, 0.25) is 4.96 Å². The highest BCUT2D eigenvalue weighted by Gasteiger charge is 2.10. The highest BCUT2D eigenvalue weighted by atomic mass is 32.1. The summed E-state index contributed by atoms with van der Waals surface area (Å²) >= 11 is 1.27. The maximum absolute atomic E-state index is 12.8. The Morgan fingerprint density at radius 2 is 1.67 bits per heavy atom. The van der Waals surface area contributed by atoms with Crippen LogP contribution in [-0.2, 0) is 0 Å². The van der Waals surface area contributed by atoms with Gasteiger partial charge < -0.3 is 14.2 Å². The van der Waals surface area contributed by atoms with E-state index in [1.807, 2.05) is 36.4 Å². The average molecular weight is 421 g/mol. The van der Waals surface area contributed by atoms with Crippen molar-refractivity contribution in [3.05, 3.63) is 74.3 Å². The smallest absolute Gasteiger partial charge is 0.291 e. The highest BCUT2D eigenvalue weighted by molar-refractivity contribution is 7.15. The monoisotopic (exact) mass is 421 g/mol. The topological polar surface area (TPSA) is 75.0 Å². The molecule has 4 aromatic rings. The van der Waals surface area contributed by atoms with Crippen molar-refractivity contribution in [1.29, 1.82) is 0 Å². The van der Waals surface area contributed by atoms with Gasteiger partial charge in [0, 0.05) is 5.56 Å². The molecular weight excluding hydrogens is 402 g/mol. The molecule has 152 valence electrons. The van der Waals surface area contributed by atoms with Crippen molar-refractivity contribution in [2.24, 2.45) is 0 Å². The molecule has 0 amide bonds. The van der Waals surface area contributed by atoms with Gasteiger partial charge in [-0.25, -0.2) is 0 Å². The van der Waals surface area contributed by atoms with Crippen LogP contribution in [0.5, 0.6) is 17.2 Å². The molecule has 0 bridgehead atoms. The summed E-state index contributed by atoms with van der Waals surface area (Å²) in [6.45, 7) is 0. The van der Waals surface area contributed by atoms with Gasteiger partial charge in [0.1, 0.15) is 17.2 Å². The average Bonchev–Trinajstić information content (AvgIpc) is 3.31. The van der Waals surface area contributed by atoms with E-state index in [-0.39, 0.29) is 5.56 Å². The summed E-state index contributed by atoms with van der Waals surface area (Å²) in [4.78, 5) is 17.7. The number of ether oxygens (including phenoxy) is 3. The van der Waals surface area contributed by atoms with Crippen LogP contribution >= 0.6 is 11.3 Å². The van der Waals surface area contributed by atoms with E-state index in [1.165, 1.54) is 15.9 Å². The van der Waals surface area contributed by atoms with E-state index in [2.05, 4.69) is 10.1 Å². The molecule has 0 atom stereocenters. The van der Waals surface area contributed by atoms with Crippen molar-refractivity contribution in [2.75, 3.05) is 21.3 Å². The molecular formula is C22H19N3O4S. The van der Waals surface area contributed by atoms with Gasteiger partial charge in [-0.05, 0) is 48.0 Å². The summed E-state index contributed by atoms with van der Waals surface area (Å²) in [5.41, 5.74) is 1.50. The fraction of sp³-hybridized carbons (Fsp3) is 0.136. The fourth-order valence-electron chi connectivity index (χ4n) is 2.90. The van der Waals surface area contributed by atoms with Gasteiger partial charge in [-0.3, -0.25) is 4.79 Å². The summed E-state index contributed by atoms with van der Waals surface area (Å²) < 4.78 is 17.6. The molecule has 4 rings (SSSR count). The lowest BCUT2D eigenvalue weighted by Gasteiger charge is -2.06. The highest BCUT2D eigenvalue weighted by Crippen LogP contribution is 2.24. The quantitative estimate of drug-likeness (QED) is 0.477. The Balaban J connectivity index is 1.66. The minimum Gasteiger partial charge on any atom is -0.497 e. The van der Waals surface area contributed by atoms with Crippen LogP contribution in [0.25, 0.3) is 23.2 Å². The maximum Gasteiger partial charge on any atom is 0.291 e. The standard InChI is InChI=1S/C22H19N3O4S/c1-27-16-7-4-14(5-8-16)6-11-20-23-22-25(24-20)21(26)19(30-22)13-15-12-17(28-2)9-10-18(15)29-3/h4-13H,1-3H3. The molecule has 30 heavy (non-hydrogen) atoms. The van der Waals surface area contributed by atoms with Gasteiger partial charge in [0.25, 0.3) is 5.56 Å². The zero-order valence-corrected chi connectivity index (χ0v) is 17.5. The molecule has 0 saturated carbocycles. The van der Waals surface area contributed by atoms with Gasteiger partial charge in [0.15, 0.2) is 5.82 Å². The Hall–Kier alpha value is -3.65. The Bertz CT molecular complexity index is 1320. The molecule has 8 heteroatoms. The predicted octanol–water partition coefficient (Wildman–Crippen LogP) is 2.89. The minimum absolute atomic E-state index is 0.225. The van der Waals surface area contributed by atoms with Crippen LogP contribution < -0.4 is 24.3 Å². The second-order valence-electron chi connectivity index (χ2n) is 6.29. The molecule has 0 aliphatic rings. The number of hydrogen-bond donors (Lipinski definition) is 0. The lowest BCUT2D eigenvalue weighted by molar-refractivity contribution is 0.402. The molecule has 2 aromatic heterocycles. The number of nitrogens with zero attached hydrogens (tertiary/aromatic N) is 3. The molecule has 0 aliphatic heterocycles. The number of benzene rings is 2. The Kier molecular flexibility index (Phi) is 5.49. The normalized spacial score (nSPS) is 12.0. The van der Waals surface area contributed by atoms with Crippen LogP contribution in [0.1, 0.15) is 17.0 Å². The van der Waals surface area contributed by atoms with E-state index >= 15 is 0 Å². The number of rotatable bonds is 6. The molecule has 2 aromatic carbocycles. The van der Waals surface area contributed by atoms with E-state index in [1.54, 1.807) is 45.6 Å². The molecule has 0 saturated heterocycles. The zero-order valence-electron chi connectivity index (χ0n) is 16.7. The zero-order chi connectivity index (χ0) is 21.1. The van der Waals surface area contributed by atoms with Crippen LogP contribution in [0.3, 0.4) is 0 Å². The first kappa shape index (κ1) is 19.7. The molecule has 7 nitrogen and oxygen atoms in total. The number of methoxy groups -OCH3 is 3. The first-order chi connectivity index (χ1) is 14.6. The summed E-state index contributed by atoms with van der Waals surface area (Å²) in [6.07, 6.45) is 5.42. The van der Waals surface area contributed by atoms with E-state index < -0.39 is 0 Å². The SMILES string of the molecule is COc1ccc(C=Cc2nc3sc(=Cc4cc(OC)ccc4OC)c(=O)n3n2)cc1. The van der Waals surface area contributed by atoms with Gasteiger partial charge >= 0.3 is 0 Å². The van der Waals surface area contributed by atoms with Gasteiger partial charge in [-0.15, -0.1) is 5.10 Å². The number of hydrogen-bond acceptors (Lipinski definition) is 7. The summed E-state index contributed by atoms with van der Waals surface area (Å²) in [5, 5.41) is 4.32. The molecule has 0 fully saturated rings. The van der Waals surface area contributed by atoms with E-state index in [0.717, 1.165) is 16.9 Å². The molecule has 2 heterocycles. The van der Waals surface area contributed by atoms with Gasteiger partial charge in [-0.2, -0.15) is 9.50 Å². The number of fused-ring (bicyclic) bond motifs is 1. The van der Waals surface area contributed by atoms with Crippen molar-refractivity contribution in [3.8, 4) is 17.2 Å². The second kappa shape index (κ2) is 8.38. The second-order valence-corrected chi connectivity index (χ2v) is 7.30. The fourth-order valence-corrected chi connectivity index (χ4v) is 3.80. The minimum atomic E-state index is -0.225. The third-order valence-electron chi connectivity index (χ3n) is 4.46. The third-order valence-corrected chi connectivity index (χ3v) is 5.42. The molecule has 0 unspecified atom stereocenters. The van der Waals surface area contributed by atoms with Crippen LogP contribution in [0.4, 0.5) is 0 Å². The lowest BCUT2D eigenvalue weighted by atomic mass is 10.2. The number of aromatic nitrogens is 3. The van der Waals surface area contributed by atoms with Crippen LogP contribution in [0.2, 0.25) is 0 Å². The Labute approximate surface area is 176 Å². The summed E-state index contributed by atoms with van der Waals surface area (Å²) in [7, 11) is 4.80. The van der Waals surface area contributed by atoms with Crippen molar-refractivity contribution >= 4 is 34.5 Å². The van der Waals surface area contributed by atoms with Crippen molar-refractivity contribution in [3.63, 3.8) is 0 Å². The third kappa shape index (κ3) is 3.90. The summed E-state index contributed by atoms with van der Waals surface area (Å²) in [6, 6.07) is 13.0. The Morgan fingerprint density at radius 1 is 0.933 bits per heavy atom. The van der Waals surface area contributed by atoms with Gasteiger partial charge in [-0.1, -0.05) is 29.5 Å². The number of thiazole rings is 1. The van der Waals surface area contributed by atoms with Crippen molar-refractivity contribution in [2.45, 2.75) is 0 Å². The lowest BCUT2D eigenvalue weighted by Crippen LogP contribution is -2.23. The van der Waals surface area contributed by atoms with Crippen LogP contribution in [0, 0.1) is 0 Å². The molecule has 0 spiro atoms. The molecule has 0 N–H and O–H groups in total. The largest absolute Gasteiger partial charge is 0.497 e. The van der Waals surface area contributed by atoms with E-state index in [0.29, 0.717) is 26.8 Å². The summed E-state index contributed by atoms with van der Waals surface area (Å²) in [5.74, 6) is 2.59. The first-order valence-corrected chi connectivity index (χ1v) is 9.88. The van der Waals surface area contributed by atoms with Crippen molar-refractivity contribution < 1.29 is 14.2 Å². The maximum atomic E-state index is 12.8. The van der Waals surface area contributed by atoms with Crippen LogP contribution in [-0.4, -0.2) is 35.9 Å². The van der Waals surface area contributed by atoms with Gasteiger partial charge in [0.05, 0.1) is 25.9 Å². The molecule has 0 aliphatic carbocycles. The van der Waals surface area contributed by atoms with Crippen molar-refractivity contribution in [1.82, 2.24) is 14.6 Å².